The van der Waals surface area contributed by atoms with Gasteiger partial charge in [-0.25, -0.2) is 9.78 Å². The molecule has 0 fully saturated rings. The number of anilines is 1. The maximum absolute atomic E-state index is 12.3. The molecule has 1 aromatic carbocycles. The Morgan fingerprint density at radius 1 is 1.21 bits per heavy atom. The molecule has 0 saturated carbocycles. The van der Waals surface area contributed by atoms with Crippen molar-refractivity contribution >= 4 is 34.3 Å². The minimum Gasteiger partial charge on any atom is -0.319 e. The fourth-order valence-corrected chi connectivity index (χ4v) is 3.52. The summed E-state index contributed by atoms with van der Waals surface area (Å²) in [6.45, 7) is 5.41. The number of nitrogens with one attached hydrogen (secondary N) is 3. The smallest absolute Gasteiger partial charge is 0.319 e. The predicted octanol–water partition coefficient (Wildman–Crippen LogP) is 2.14. The van der Waals surface area contributed by atoms with Crippen LogP contribution in [0.2, 0.25) is 0 Å². The van der Waals surface area contributed by atoms with Crippen LogP contribution in [0.1, 0.15) is 22.4 Å². The lowest BCUT2D eigenvalue weighted by Crippen LogP contribution is -2.29. The zero-order valence-electron chi connectivity index (χ0n) is 15.5. The second kappa shape index (κ2) is 7.70. The fraction of sp³-hybridized carbons (Fsp3) is 0.211. The van der Waals surface area contributed by atoms with E-state index in [4.69, 9.17) is 0 Å². The van der Waals surface area contributed by atoms with Crippen molar-refractivity contribution in [3.05, 3.63) is 61.4 Å². The molecule has 2 aromatic heterocycles. The van der Waals surface area contributed by atoms with Gasteiger partial charge in [0.15, 0.2) is 0 Å². The molecule has 2 heterocycles. The van der Waals surface area contributed by atoms with Crippen molar-refractivity contribution in [2.75, 3.05) is 11.1 Å². The quantitative estimate of drug-likeness (QED) is 0.580. The van der Waals surface area contributed by atoms with Gasteiger partial charge in [0.25, 0.3) is 5.56 Å². The Morgan fingerprint density at radius 2 is 1.93 bits per heavy atom. The zero-order valence-corrected chi connectivity index (χ0v) is 16.3. The van der Waals surface area contributed by atoms with Gasteiger partial charge in [-0.3, -0.25) is 14.6 Å². The third-order valence-electron chi connectivity index (χ3n) is 4.22. The monoisotopic (exact) mass is 395 g/mol. The van der Waals surface area contributed by atoms with Gasteiger partial charge in [0, 0.05) is 11.1 Å². The third-order valence-corrected chi connectivity index (χ3v) is 5.22. The molecule has 0 radical (unpaired) electrons. The Balaban J connectivity index is 1.85. The topological polar surface area (TPSA) is 132 Å². The average molecular weight is 395 g/mol. The first kappa shape index (κ1) is 19.4. The Labute approximate surface area is 164 Å². The number of nitriles is 1. The number of pyridine rings is 1. The Hall–Kier alpha value is -3.38. The molecule has 0 aliphatic rings. The molecule has 0 unspecified atom stereocenters. The van der Waals surface area contributed by atoms with Crippen LogP contribution in [0.5, 0.6) is 0 Å². The van der Waals surface area contributed by atoms with Gasteiger partial charge in [0.2, 0.25) is 5.91 Å². The first-order valence-corrected chi connectivity index (χ1v) is 9.35. The normalized spacial score (nSPS) is 10.6. The van der Waals surface area contributed by atoms with E-state index in [-0.39, 0.29) is 17.1 Å². The molecule has 8 nitrogen and oxygen atoms in total. The van der Waals surface area contributed by atoms with E-state index in [1.54, 1.807) is 6.07 Å². The van der Waals surface area contributed by atoms with Gasteiger partial charge >= 0.3 is 5.69 Å². The SMILES string of the molecule is Cc1[nH]c(=O)[nH]c(=O)c1NC(=O)CSc1nc2c(C)ccc(C)c2cc1C#N. The molecule has 142 valence electrons. The number of nitrogens with zero attached hydrogens (tertiary/aromatic N) is 2. The molecule has 0 atom stereocenters. The Kier molecular flexibility index (Phi) is 5.33. The predicted molar refractivity (Wildman–Crippen MR) is 108 cm³/mol. The molecule has 3 aromatic rings. The summed E-state index contributed by atoms with van der Waals surface area (Å²) in [5, 5.41) is 13.3. The number of aromatic amines is 2. The molecular formula is C19H17N5O3S. The van der Waals surface area contributed by atoms with E-state index in [0.29, 0.717) is 10.6 Å². The molecular weight excluding hydrogens is 378 g/mol. The van der Waals surface area contributed by atoms with Crippen molar-refractivity contribution in [1.29, 1.82) is 5.26 Å². The van der Waals surface area contributed by atoms with Crippen LogP contribution in [-0.4, -0.2) is 26.6 Å². The number of aromatic nitrogens is 3. The van der Waals surface area contributed by atoms with E-state index in [2.05, 4.69) is 26.3 Å². The first-order chi connectivity index (χ1) is 13.3. The van der Waals surface area contributed by atoms with Crippen LogP contribution in [-0.2, 0) is 4.79 Å². The molecule has 1 amide bonds. The lowest BCUT2D eigenvalue weighted by atomic mass is 10.0. The van der Waals surface area contributed by atoms with Crippen molar-refractivity contribution in [2.45, 2.75) is 25.8 Å². The second-order valence-corrected chi connectivity index (χ2v) is 7.26. The van der Waals surface area contributed by atoms with Crippen LogP contribution in [0.25, 0.3) is 10.9 Å². The highest BCUT2D eigenvalue weighted by atomic mass is 32.2. The zero-order chi connectivity index (χ0) is 20.4. The summed E-state index contributed by atoms with van der Waals surface area (Å²) >= 11 is 1.11. The van der Waals surface area contributed by atoms with Crippen molar-refractivity contribution < 1.29 is 4.79 Å². The number of thioether (sulfide) groups is 1. The highest BCUT2D eigenvalue weighted by molar-refractivity contribution is 8.00. The summed E-state index contributed by atoms with van der Waals surface area (Å²) in [5.74, 6) is -0.492. The number of rotatable bonds is 4. The number of fused-ring (bicyclic) bond motifs is 1. The fourth-order valence-electron chi connectivity index (χ4n) is 2.77. The van der Waals surface area contributed by atoms with Gasteiger partial charge in [0.1, 0.15) is 16.8 Å². The third kappa shape index (κ3) is 3.82. The van der Waals surface area contributed by atoms with Gasteiger partial charge < -0.3 is 10.3 Å². The highest BCUT2D eigenvalue weighted by Crippen LogP contribution is 2.28. The minimum absolute atomic E-state index is 0.0105. The maximum Gasteiger partial charge on any atom is 0.326 e. The van der Waals surface area contributed by atoms with E-state index in [1.807, 2.05) is 26.0 Å². The highest BCUT2D eigenvalue weighted by Gasteiger charge is 2.14. The van der Waals surface area contributed by atoms with Gasteiger partial charge in [0.05, 0.1) is 16.8 Å². The summed E-state index contributed by atoms with van der Waals surface area (Å²) in [7, 11) is 0. The lowest BCUT2D eigenvalue weighted by Gasteiger charge is -2.10. The number of hydrogen-bond donors (Lipinski definition) is 3. The summed E-state index contributed by atoms with van der Waals surface area (Å²) in [6.07, 6.45) is 0. The van der Waals surface area contributed by atoms with Crippen LogP contribution >= 0.6 is 11.8 Å². The Bertz CT molecular complexity index is 1250. The summed E-state index contributed by atoms with van der Waals surface area (Å²) in [4.78, 5) is 44.4. The van der Waals surface area contributed by atoms with Gasteiger partial charge in [-0.1, -0.05) is 23.9 Å². The largest absolute Gasteiger partial charge is 0.326 e. The number of benzene rings is 1. The number of H-pyrrole nitrogens is 2. The molecule has 28 heavy (non-hydrogen) atoms. The molecule has 0 saturated heterocycles. The van der Waals surface area contributed by atoms with Gasteiger partial charge in [-0.05, 0) is 38.0 Å². The summed E-state index contributed by atoms with van der Waals surface area (Å²) < 4.78 is 0. The molecule has 9 heteroatoms. The first-order valence-electron chi connectivity index (χ1n) is 8.37. The number of amides is 1. The number of hydrogen-bond acceptors (Lipinski definition) is 6. The van der Waals surface area contributed by atoms with Crippen molar-refractivity contribution in [3.63, 3.8) is 0 Å². The van der Waals surface area contributed by atoms with E-state index >= 15 is 0 Å². The van der Waals surface area contributed by atoms with Crippen molar-refractivity contribution in [3.8, 4) is 6.07 Å². The van der Waals surface area contributed by atoms with Crippen LogP contribution in [0.15, 0.2) is 32.8 Å². The van der Waals surface area contributed by atoms with E-state index in [0.717, 1.165) is 33.8 Å². The number of aryl methyl sites for hydroxylation is 3. The van der Waals surface area contributed by atoms with Crippen LogP contribution < -0.4 is 16.6 Å². The second-order valence-electron chi connectivity index (χ2n) is 6.29. The van der Waals surface area contributed by atoms with Crippen molar-refractivity contribution in [2.24, 2.45) is 0 Å². The number of carbonyl (C=O) groups excluding carboxylic acids is 1. The van der Waals surface area contributed by atoms with E-state index in [1.165, 1.54) is 6.92 Å². The van der Waals surface area contributed by atoms with Crippen molar-refractivity contribution in [1.82, 2.24) is 15.0 Å². The van der Waals surface area contributed by atoms with Crippen LogP contribution in [0.4, 0.5) is 5.69 Å². The molecule has 0 aliphatic heterocycles. The van der Waals surface area contributed by atoms with Crippen LogP contribution in [0, 0.1) is 32.1 Å². The van der Waals surface area contributed by atoms with E-state index in [9.17, 15) is 19.6 Å². The Morgan fingerprint density at radius 3 is 2.61 bits per heavy atom. The average Bonchev–Trinajstić information content (AvgIpc) is 2.65. The van der Waals surface area contributed by atoms with Crippen LogP contribution in [0.3, 0.4) is 0 Å². The van der Waals surface area contributed by atoms with E-state index < -0.39 is 17.2 Å². The summed E-state index contributed by atoms with van der Waals surface area (Å²) in [6, 6.07) is 7.84. The van der Waals surface area contributed by atoms with Gasteiger partial charge in [-0.2, -0.15) is 5.26 Å². The molecule has 0 spiro atoms. The minimum atomic E-state index is -0.674. The molecule has 0 bridgehead atoms. The molecule has 0 aliphatic carbocycles. The van der Waals surface area contributed by atoms with Gasteiger partial charge in [-0.15, -0.1) is 0 Å². The number of carbonyl (C=O) groups is 1. The molecule has 3 N–H and O–H groups in total. The lowest BCUT2D eigenvalue weighted by molar-refractivity contribution is -0.113. The standard InChI is InChI=1S/C19H17N5O3S/c1-9-4-5-10(2)15-13(9)6-12(7-20)18(23-15)28-8-14(25)22-16-11(3)21-19(27)24-17(16)26/h4-6H,8H2,1-3H3,(H,22,25)(H2,21,24,26,27). The summed E-state index contributed by atoms with van der Waals surface area (Å²) in [5.41, 5.74) is 2.11. The molecule has 3 rings (SSSR count). The maximum atomic E-state index is 12.3.